The van der Waals surface area contributed by atoms with Crippen LogP contribution in [0.3, 0.4) is 0 Å². The van der Waals surface area contributed by atoms with Crippen LogP contribution in [0.2, 0.25) is 0 Å². The maximum absolute atomic E-state index is 14.3. The number of rotatable bonds is 16. The molecule has 0 aliphatic carbocycles. The molecule has 0 aliphatic rings. The monoisotopic (exact) mass is 601 g/mol. The molecule has 0 aliphatic heterocycles. The fraction of sp³-hybridized carbons (Fsp3) is 0.314. The van der Waals surface area contributed by atoms with Crippen molar-refractivity contribution >= 4 is 30.0 Å². The van der Waals surface area contributed by atoms with Crippen LogP contribution in [0.15, 0.2) is 82.9 Å². The molecule has 0 spiro atoms. The summed E-state index contributed by atoms with van der Waals surface area (Å²) in [4.78, 5) is 33.0. The number of halogens is 1. The van der Waals surface area contributed by atoms with E-state index in [-0.39, 0.29) is 17.7 Å². The minimum Gasteiger partial charge on any atom is -0.497 e. The van der Waals surface area contributed by atoms with Crippen LogP contribution in [0.4, 0.5) is 4.39 Å². The summed E-state index contributed by atoms with van der Waals surface area (Å²) in [5.74, 6) is -1.39. The number of carbonyl (C=O) groups excluding carboxylic acids is 1. The van der Waals surface area contributed by atoms with E-state index in [0.29, 0.717) is 23.6 Å². The molecule has 3 aromatic rings. The van der Waals surface area contributed by atoms with Gasteiger partial charge in [0.05, 0.1) is 19.3 Å². The van der Waals surface area contributed by atoms with Crippen molar-refractivity contribution in [3.8, 4) is 11.5 Å². The lowest BCUT2D eigenvalue weighted by atomic mass is 10.0. The van der Waals surface area contributed by atoms with Gasteiger partial charge in [0.15, 0.2) is 5.84 Å². The number of hydrogen-bond acceptors (Lipinski definition) is 5. The van der Waals surface area contributed by atoms with Crippen LogP contribution in [0.5, 0.6) is 11.5 Å². The van der Waals surface area contributed by atoms with Crippen LogP contribution in [0.25, 0.3) is 5.57 Å². The smallest absolute Gasteiger partial charge is 0.326 e. The second kappa shape index (κ2) is 17.4. The van der Waals surface area contributed by atoms with Gasteiger partial charge in [-0.05, 0) is 61.0 Å². The Kier molecular flexibility index (Phi) is 13.3. The predicted molar refractivity (Wildman–Crippen MR) is 172 cm³/mol. The number of amides is 1. The molecular formula is C35H40FN3O5. The van der Waals surface area contributed by atoms with Crippen molar-refractivity contribution in [1.29, 1.82) is 0 Å². The molecule has 3 rings (SSSR count). The summed E-state index contributed by atoms with van der Waals surface area (Å²) in [6.45, 7) is 8.50. The van der Waals surface area contributed by atoms with Crippen molar-refractivity contribution in [3.05, 3.63) is 101 Å². The van der Waals surface area contributed by atoms with Crippen molar-refractivity contribution in [2.45, 2.75) is 58.4 Å². The first-order chi connectivity index (χ1) is 21.2. The second-order valence-corrected chi connectivity index (χ2v) is 10.3. The van der Waals surface area contributed by atoms with Gasteiger partial charge in [-0.25, -0.2) is 19.2 Å². The SMILES string of the molecule is C=N/C(=N\C=C(/C)c1ccc(OCCCCCCC)cc1)c1ccc(C[C@H](NC(=O)c2ccc(OC)cc2F)C(=O)O)cc1. The van der Waals surface area contributed by atoms with E-state index in [0.717, 1.165) is 29.4 Å². The molecule has 8 nitrogen and oxygen atoms in total. The number of benzene rings is 3. The Morgan fingerprint density at radius 1 is 0.977 bits per heavy atom. The third kappa shape index (κ3) is 10.2. The number of carboxylic acid groups (broad SMARTS) is 1. The van der Waals surface area contributed by atoms with Crippen molar-refractivity contribution in [2.75, 3.05) is 13.7 Å². The van der Waals surface area contributed by atoms with E-state index in [4.69, 9.17) is 9.47 Å². The molecule has 0 unspecified atom stereocenters. The molecule has 0 bridgehead atoms. The molecule has 0 fully saturated rings. The number of allylic oxidation sites excluding steroid dienone is 1. The Bertz CT molecular complexity index is 1470. The zero-order chi connectivity index (χ0) is 31.9. The highest BCUT2D eigenvalue weighted by Gasteiger charge is 2.23. The van der Waals surface area contributed by atoms with Crippen molar-refractivity contribution < 1.29 is 28.6 Å². The first kappa shape index (κ1) is 33.7. The van der Waals surface area contributed by atoms with Gasteiger partial charge in [-0.3, -0.25) is 4.79 Å². The third-order valence-corrected chi connectivity index (χ3v) is 7.03. The second-order valence-electron chi connectivity index (χ2n) is 10.3. The molecule has 2 N–H and O–H groups in total. The first-order valence-corrected chi connectivity index (χ1v) is 14.7. The van der Waals surface area contributed by atoms with Gasteiger partial charge in [0, 0.05) is 24.3 Å². The largest absolute Gasteiger partial charge is 0.497 e. The van der Waals surface area contributed by atoms with Gasteiger partial charge in [-0.15, -0.1) is 0 Å². The molecule has 232 valence electrons. The number of hydrogen-bond donors (Lipinski definition) is 2. The van der Waals surface area contributed by atoms with Crippen molar-refractivity contribution in [1.82, 2.24) is 5.32 Å². The number of unbranched alkanes of at least 4 members (excludes halogenated alkanes) is 4. The van der Waals surface area contributed by atoms with Gasteiger partial charge in [0.25, 0.3) is 5.91 Å². The number of aliphatic imine (C=N–C) groups is 2. The lowest BCUT2D eigenvalue weighted by Crippen LogP contribution is -2.42. The third-order valence-electron chi connectivity index (χ3n) is 7.03. The molecule has 1 amide bonds. The number of carbonyl (C=O) groups is 2. The maximum atomic E-state index is 14.3. The van der Waals surface area contributed by atoms with Gasteiger partial charge in [0.2, 0.25) is 0 Å². The fourth-order valence-corrected chi connectivity index (χ4v) is 4.42. The number of amidine groups is 1. The fourth-order valence-electron chi connectivity index (χ4n) is 4.42. The van der Waals surface area contributed by atoms with Gasteiger partial charge >= 0.3 is 5.97 Å². The summed E-state index contributed by atoms with van der Waals surface area (Å²) in [5, 5.41) is 12.1. The van der Waals surface area contributed by atoms with E-state index in [2.05, 4.69) is 28.9 Å². The van der Waals surface area contributed by atoms with Gasteiger partial charge in [-0.1, -0.05) is 69.0 Å². The summed E-state index contributed by atoms with van der Waals surface area (Å²) in [6, 6.07) is 17.3. The Hall–Kier alpha value is -4.79. The number of methoxy groups -OCH3 is 1. The Morgan fingerprint density at radius 3 is 2.25 bits per heavy atom. The van der Waals surface area contributed by atoms with E-state index in [1.165, 1.54) is 44.9 Å². The highest BCUT2D eigenvalue weighted by Crippen LogP contribution is 2.20. The lowest BCUT2D eigenvalue weighted by molar-refractivity contribution is -0.139. The summed E-state index contributed by atoms with van der Waals surface area (Å²) in [5.41, 5.74) is 2.99. The molecule has 0 saturated carbocycles. The zero-order valence-electron chi connectivity index (χ0n) is 25.5. The maximum Gasteiger partial charge on any atom is 0.326 e. The highest BCUT2D eigenvalue weighted by molar-refractivity contribution is 6.02. The minimum absolute atomic E-state index is 0.00923. The molecular weight excluding hydrogens is 561 g/mol. The summed E-state index contributed by atoms with van der Waals surface area (Å²) >= 11 is 0. The van der Waals surface area contributed by atoms with Crippen LogP contribution in [0, 0.1) is 5.82 Å². The molecule has 0 saturated heterocycles. The average molecular weight is 602 g/mol. The summed E-state index contributed by atoms with van der Waals surface area (Å²) in [6.07, 6.45) is 7.68. The van der Waals surface area contributed by atoms with Crippen LogP contribution in [-0.2, 0) is 11.2 Å². The topological polar surface area (TPSA) is 110 Å². The predicted octanol–water partition coefficient (Wildman–Crippen LogP) is 7.12. The first-order valence-electron chi connectivity index (χ1n) is 14.7. The molecule has 0 heterocycles. The van der Waals surface area contributed by atoms with E-state index in [9.17, 15) is 19.1 Å². The lowest BCUT2D eigenvalue weighted by Gasteiger charge is -2.15. The van der Waals surface area contributed by atoms with Gasteiger partial charge in [0.1, 0.15) is 23.4 Å². The summed E-state index contributed by atoms with van der Waals surface area (Å²) in [7, 11) is 1.38. The number of carboxylic acids is 1. The Morgan fingerprint density at radius 2 is 1.64 bits per heavy atom. The van der Waals surface area contributed by atoms with E-state index >= 15 is 0 Å². The van der Waals surface area contributed by atoms with Crippen LogP contribution >= 0.6 is 0 Å². The van der Waals surface area contributed by atoms with Crippen LogP contribution in [0.1, 0.15) is 73.0 Å². The Balaban J connectivity index is 1.61. The molecule has 0 radical (unpaired) electrons. The molecule has 0 aromatic heterocycles. The number of nitrogens with zero attached hydrogens (tertiary/aromatic N) is 2. The van der Waals surface area contributed by atoms with Crippen LogP contribution < -0.4 is 14.8 Å². The minimum atomic E-state index is -1.27. The van der Waals surface area contributed by atoms with Crippen LogP contribution in [-0.4, -0.2) is 49.3 Å². The standard InChI is InChI=1S/C35H40FN3O5/c1-5-6-7-8-9-20-44-28-16-14-26(15-17-28)24(2)23-38-33(37-3)27-12-10-25(11-13-27)21-32(35(41)42)39-34(40)30-19-18-29(43-4)22-31(30)36/h10-19,22-23,32H,3,5-9,20-21H2,1-2,4H3,(H,39,40)(H,41,42)/b24-23+,38-33-/t32-/m0/s1. The highest BCUT2D eigenvalue weighted by atomic mass is 19.1. The van der Waals surface area contributed by atoms with Gasteiger partial charge < -0.3 is 19.9 Å². The van der Waals surface area contributed by atoms with Crippen molar-refractivity contribution in [2.24, 2.45) is 9.98 Å². The number of nitrogens with one attached hydrogen (secondary N) is 1. The van der Waals surface area contributed by atoms with E-state index in [1.807, 2.05) is 31.2 Å². The number of ether oxygens (including phenoxy) is 2. The molecule has 9 heteroatoms. The Labute approximate surface area is 258 Å². The molecule has 1 atom stereocenters. The van der Waals surface area contributed by atoms with E-state index in [1.54, 1.807) is 30.5 Å². The zero-order valence-corrected chi connectivity index (χ0v) is 25.5. The normalized spacial score (nSPS) is 12.4. The van der Waals surface area contributed by atoms with Crippen molar-refractivity contribution in [3.63, 3.8) is 0 Å². The number of aliphatic carboxylic acids is 1. The van der Waals surface area contributed by atoms with E-state index < -0.39 is 23.7 Å². The van der Waals surface area contributed by atoms with Gasteiger partial charge in [-0.2, -0.15) is 0 Å². The molecule has 3 aromatic carbocycles. The summed E-state index contributed by atoms with van der Waals surface area (Å²) < 4.78 is 25.1. The average Bonchev–Trinajstić information content (AvgIpc) is 3.03. The quantitative estimate of drug-likeness (QED) is 0.103. The molecule has 44 heavy (non-hydrogen) atoms.